The summed E-state index contributed by atoms with van der Waals surface area (Å²) in [6.07, 6.45) is 2.84. The van der Waals surface area contributed by atoms with Gasteiger partial charge < -0.3 is 11.1 Å². The Labute approximate surface area is 116 Å². The van der Waals surface area contributed by atoms with Crippen molar-refractivity contribution in [3.05, 3.63) is 33.3 Å². The third-order valence-corrected chi connectivity index (χ3v) is 2.87. The molecule has 0 saturated heterocycles. The monoisotopic (exact) mass is 285 g/mol. The predicted molar refractivity (Wildman–Crippen MR) is 74.3 cm³/mol. The van der Waals surface area contributed by atoms with Crippen LogP contribution in [-0.4, -0.2) is 17.4 Å². The molecule has 0 aliphatic carbocycles. The molecular formula is C12H16ClN3O3. The number of carbonyl (C=O) groups excluding carboxylic acids is 1. The molecule has 0 aromatic heterocycles. The summed E-state index contributed by atoms with van der Waals surface area (Å²) in [5, 5.41) is 13.5. The number of rotatable bonds is 7. The van der Waals surface area contributed by atoms with Crippen LogP contribution >= 0.6 is 11.6 Å². The largest absolute Gasteiger partial charge is 0.330 e. The van der Waals surface area contributed by atoms with E-state index in [0.717, 1.165) is 19.3 Å². The minimum absolute atomic E-state index is 0.108. The van der Waals surface area contributed by atoms with Gasteiger partial charge >= 0.3 is 0 Å². The molecule has 0 unspecified atom stereocenters. The van der Waals surface area contributed by atoms with Gasteiger partial charge in [0.05, 0.1) is 15.6 Å². The Bertz CT molecular complexity index is 466. The van der Waals surface area contributed by atoms with Gasteiger partial charge in [-0.05, 0) is 25.5 Å². The van der Waals surface area contributed by atoms with Crippen molar-refractivity contribution >= 4 is 28.9 Å². The first kappa shape index (κ1) is 15.4. The molecule has 1 aromatic carbocycles. The average molecular weight is 286 g/mol. The molecule has 0 atom stereocenters. The lowest BCUT2D eigenvalue weighted by molar-refractivity contribution is -0.384. The molecule has 0 aliphatic rings. The average Bonchev–Trinajstić information content (AvgIpc) is 2.37. The molecule has 1 aromatic rings. The molecule has 0 spiro atoms. The molecule has 1 rings (SSSR count). The summed E-state index contributed by atoms with van der Waals surface area (Å²) in [4.78, 5) is 21.7. The number of nitrogens with one attached hydrogen (secondary N) is 1. The maximum Gasteiger partial charge on any atom is 0.271 e. The Balaban J connectivity index is 2.58. The Morgan fingerprint density at radius 3 is 2.74 bits per heavy atom. The van der Waals surface area contributed by atoms with Crippen molar-refractivity contribution < 1.29 is 9.72 Å². The molecule has 6 nitrogen and oxygen atoms in total. The minimum atomic E-state index is -0.534. The lowest BCUT2D eigenvalue weighted by atomic mass is 10.2. The van der Waals surface area contributed by atoms with Crippen LogP contribution in [0.15, 0.2) is 18.2 Å². The van der Waals surface area contributed by atoms with Gasteiger partial charge in [-0.25, -0.2) is 0 Å². The van der Waals surface area contributed by atoms with Crippen molar-refractivity contribution in [2.75, 3.05) is 11.9 Å². The summed E-state index contributed by atoms with van der Waals surface area (Å²) >= 11 is 5.87. The number of hydrogen-bond donors (Lipinski definition) is 2. The molecule has 0 radical (unpaired) electrons. The second kappa shape index (κ2) is 7.70. The zero-order valence-corrected chi connectivity index (χ0v) is 11.2. The highest BCUT2D eigenvalue weighted by Gasteiger charge is 2.11. The number of unbranched alkanes of at least 4 members (excludes halogenated alkanes) is 2. The molecule has 1 amide bonds. The van der Waals surface area contributed by atoms with Crippen molar-refractivity contribution in [3.63, 3.8) is 0 Å². The van der Waals surface area contributed by atoms with E-state index in [0.29, 0.717) is 13.0 Å². The lowest BCUT2D eigenvalue weighted by Crippen LogP contribution is -2.12. The van der Waals surface area contributed by atoms with Crippen LogP contribution < -0.4 is 11.1 Å². The highest BCUT2D eigenvalue weighted by molar-refractivity contribution is 6.33. The first-order valence-electron chi connectivity index (χ1n) is 5.98. The van der Waals surface area contributed by atoms with Crippen molar-refractivity contribution in [1.82, 2.24) is 0 Å². The van der Waals surface area contributed by atoms with Crippen LogP contribution in [0.4, 0.5) is 11.4 Å². The molecular weight excluding hydrogens is 270 g/mol. The summed E-state index contributed by atoms with van der Waals surface area (Å²) in [6.45, 7) is 0.609. The van der Waals surface area contributed by atoms with E-state index in [-0.39, 0.29) is 22.3 Å². The summed E-state index contributed by atoms with van der Waals surface area (Å²) in [6, 6.07) is 3.93. The number of anilines is 1. The van der Waals surface area contributed by atoms with Crippen LogP contribution in [0.1, 0.15) is 25.7 Å². The third-order valence-electron chi connectivity index (χ3n) is 2.54. The number of non-ortho nitro benzene ring substituents is 1. The zero-order valence-electron chi connectivity index (χ0n) is 10.4. The quantitative estimate of drug-likeness (QED) is 0.457. The highest BCUT2D eigenvalue weighted by Crippen LogP contribution is 2.26. The van der Waals surface area contributed by atoms with E-state index in [1.165, 1.54) is 18.2 Å². The number of carbonyl (C=O) groups is 1. The number of nitro benzene ring substituents is 1. The van der Waals surface area contributed by atoms with Gasteiger partial charge in [0.15, 0.2) is 0 Å². The van der Waals surface area contributed by atoms with E-state index in [4.69, 9.17) is 17.3 Å². The van der Waals surface area contributed by atoms with Gasteiger partial charge in [-0.2, -0.15) is 0 Å². The fourth-order valence-corrected chi connectivity index (χ4v) is 1.71. The van der Waals surface area contributed by atoms with Crippen molar-refractivity contribution in [1.29, 1.82) is 0 Å². The molecule has 3 N–H and O–H groups in total. The number of amides is 1. The molecule has 19 heavy (non-hydrogen) atoms. The van der Waals surface area contributed by atoms with Crippen LogP contribution in [0.3, 0.4) is 0 Å². The Morgan fingerprint density at radius 2 is 2.11 bits per heavy atom. The van der Waals surface area contributed by atoms with Gasteiger partial charge in [0, 0.05) is 18.6 Å². The van der Waals surface area contributed by atoms with E-state index >= 15 is 0 Å². The summed E-state index contributed by atoms with van der Waals surface area (Å²) in [7, 11) is 0. The van der Waals surface area contributed by atoms with Crippen LogP contribution in [-0.2, 0) is 4.79 Å². The van der Waals surface area contributed by atoms with Gasteiger partial charge in [-0.15, -0.1) is 0 Å². The van der Waals surface area contributed by atoms with Gasteiger partial charge in [0.2, 0.25) is 5.91 Å². The van der Waals surface area contributed by atoms with Crippen molar-refractivity contribution in [3.8, 4) is 0 Å². The Hall–Kier alpha value is -1.66. The van der Waals surface area contributed by atoms with Crippen LogP contribution in [0, 0.1) is 10.1 Å². The van der Waals surface area contributed by atoms with E-state index in [2.05, 4.69) is 5.32 Å². The zero-order chi connectivity index (χ0) is 14.3. The smallest absolute Gasteiger partial charge is 0.271 e. The number of nitro groups is 1. The number of halogens is 1. The first-order valence-corrected chi connectivity index (χ1v) is 6.36. The molecule has 0 heterocycles. The minimum Gasteiger partial charge on any atom is -0.330 e. The lowest BCUT2D eigenvalue weighted by Gasteiger charge is -2.07. The van der Waals surface area contributed by atoms with Gasteiger partial charge in [-0.1, -0.05) is 18.0 Å². The van der Waals surface area contributed by atoms with Crippen molar-refractivity contribution in [2.24, 2.45) is 5.73 Å². The summed E-state index contributed by atoms with van der Waals surface area (Å²) in [5.41, 5.74) is 5.51. The maximum absolute atomic E-state index is 11.6. The fraction of sp³-hybridized carbons (Fsp3) is 0.417. The van der Waals surface area contributed by atoms with E-state index < -0.39 is 4.92 Å². The van der Waals surface area contributed by atoms with Crippen molar-refractivity contribution in [2.45, 2.75) is 25.7 Å². The Morgan fingerprint density at radius 1 is 1.37 bits per heavy atom. The molecule has 0 saturated carbocycles. The SMILES string of the molecule is NCCCCCC(=O)Nc1cc([N+](=O)[O-])ccc1Cl. The van der Waals surface area contributed by atoms with E-state index in [1.54, 1.807) is 0 Å². The number of nitrogens with two attached hydrogens (primary N) is 1. The molecule has 0 aliphatic heterocycles. The van der Waals surface area contributed by atoms with Gasteiger partial charge in [0.25, 0.3) is 5.69 Å². The second-order valence-corrected chi connectivity index (χ2v) is 4.48. The molecule has 104 valence electrons. The van der Waals surface area contributed by atoms with Gasteiger partial charge in [-0.3, -0.25) is 14.9 Å². The third kappa shape index (κ3) is 5.23. The molecule has 0 fully saturated rings. The summed E-state index contributed by atoms with van der Waals surface area (Å²) in [5.74, 6) is -0.209. The molecule has 0 bridgehead atoms. The number of hydrogen-bond acceptors (Lipinski definition) is 4. The Kier molecular flexibility index (Phi) is 6.24. The van der Waals surface area contributed by atoms with Crippen LogP contribution in [0.25, 0.3) is 0 Å². The predicted octanol–water partition coefficient (Wildman–Crippen LogP) is 2.71. The van der Waals surface area contributed by atoms with E-state index in [9.17, 15) is 14.9 Å². The topological polar surface area (TPSA) is 98.3 Å². The molecule has 7 heteroatoms. The normalized spacial score (nSPS) is 10.2. The van der Waals surface area contributed by atoms with Crippen LogP contribution in [0.5, 0.6) is 0 Å². The van der Waals surface area contributed by atoms with E-state index in [1.807, 2.05) is 0 Å². The fourth-order valence-electron chi connectivity index (χ4n) is 1.54. The van der Waals surface area contributed by atoms with Crippen LogP contribution in [0.2, 0.25) is 5.02 Å². The second-order valence-electron chi connectivity index (χ2n) is 4.07. The van der Waals surface area contributed by atoms with Gasteiger partial charge in [0.1, 0.15) is 0 Å². The maximum atomic E-state index is 11.6. The summed E-state index contributed by atoms with van der Waals surface area (Å²) < 4.78 is 0. The standard InChI is InChI=1S/C12H16ClN3O3/c13-10-6-5-9(16(18)19)8-11(10)15-12(17)4-2-1-3-7-14/h5-6,8H,1-4,7,14H2,(H,15,17). The number of nitrogens with zero attached hydrogens (tertiary/aromatic N) is 1. The number of benzene rings is 1. The first-order chi connectivity index (χ1) is 9.04. The highest BCUT2D eigenvalue weighted by atomic mass is 35.5.